The minimum absolute atomic E-state index is 0.0969. The summed E-state index contributed by atoms with van der Waals surface area (Å²) in [5.41, 5.74) is -0.669. The third-order valence-electron chi connectivity index (χ3n) is 11.6. The Morgan fingerprint density at radius 3 is 1.18 bits per heavy atom. The predicted molar refractivity (Wildman–Crippen MR) is 299 cm³/mol. The summed E-state index contributed by atoms with van der Waals surface area (Å²) < 4.78 is 80.5. The van der Waals surface area contributed by atoms with E-state index in [9.17, 15) is 43.3 Å². The fourth-order valence-electron chi connectivity index (χ4n) is 6.84. The van der Waals surface area contributed by atoms with Gasteiger partial charge in [0.1, 0.15) is 39.5 Å². The topological polar surface area (TPSA) is 355 Å². The number of carbonyl (C=O) groups is 6. The van der Waals surface area contributed by atoms with Crippen molar-refractivity contribution in [2.75, 3.05) is 199 Å². The van der Waals surface area contributed by atoms with Crippen molar-refractivity contribution in [1.29, 1.82) is 0 Å². The lowest BCUT2D eigenvalue weighted by atomic mass is 10.0. The summed E-state index contributed by atoms with van der Waals surface area (Å²) in [5.74, 6) is -2.99. The molecule has 0 spiro atoms. The quantitative estimate of drug-likeness (QED) is 0.0295. The summed E-state index contributed by atoms with van der Waals surface area (Å²) in [5, 5.41) is 26.4. The number of aliphatic hydroxyl groups is 1. The molecule has 0 heterocycles. The van der Waals surface area contributed by atoms with Gasteiger partial charge in [0.05, 0.1) is 126 Å². The van der Waals surface area contributed by atoms with Crippen molar-refractivity contribution < 1.29 is 105 Å². The Labute approximate surface area is 486 Å². The number of ether oxygens (including phenoxy) is 12. The minimum Gasteiger partial charge on any atom is -0.778 e. The molecule has 0 aliphatic carbocycles. The number of nitrogens with one attached hydrogen (secondary N) is 6. The first-order chi connectivity index (χ1) is 39.7. The van der Waals surface area contributed by atoms with Crippen molar-refractivity contribution >= 4 is 43.0 Å². The van der Waals surface area contributed by atoms with Crippen molar-refractivity contribution in [1.82, 2.24) is 31.9 Å². The monoisotopic (exact) mass is 1210 g/mol. The molecule has 0 fully saturated rings. The van der Waals surface area contributed by atoms with Gasteiger partial charge in [-0.05, 0) is 57.8 Å². The lowest BCUT2D eigenvalue weighted by Gasteiger charge is -2.28. The van der Waals surface area contributed by atoms with Gasteiger partial charge in [-0.1, -0.05) is 20.3 Å². The van der Waals surface area contributed by atoms with Crippen LogP contribution in [0.15, 0.2) is 0 Å². The SMILES string of the molecule is COCCOCCOCCOCC(=O)NCCCCC(NC(=O)COCCOCCOCCOC)C(=O)NC(CCCCNC(=O)COCCOCCOCCOC)C(=O)NCCCC(=O)NCCCCC(CO)COP(=O)([O-])C(C)C. The molecule has 0 aromatic rings. The Morgan fingerprint density at radius 1 is 0.427 bits per heavy atom. The zero-order chi connectivity index (χ0) is 60.6. The van der Waals surface area contributed by atoms with Crippen LogP contribution in [0.3, 0.4) is 0 Å². The zero-order valence-corrected chi connectivity index (χ0v) is 50.5. The van der Waals surface area contributed by atoms with Crippen LogP contribution in [0, 0.1) is 5.92 Å². The fraction of sp³-hybridized carbons (Fsp3) is 0.887. The van der Waals surface area contributed by atoms with Crippen LogP contribution in [0.25, 0.3) is 0 Å². The molecule has 0 aliphatic heterocycles. The summed E-state index contributed by atoms with van der Waals surface area (Å²) in [7, 11) is 0.750. The molecular weight excluding hydrogens is 1100 g/mol. The maximum Gasteiger partial charge on any atom is 0.246 e. The van der Waals surface area contributed by atoms with E-state index in [4.69, 9.17) is 61.4 Å². The number of unbranched alkanes of at least 4 members (excludes halogenated alkanes) is 3. The van der Waals surface area contributed by atoms with Crippen LogP contribution in [0.1, 0.15) is 84.5 Å². The van der Waals surface area contributed by atoms with Crippen molar-refractivity contribution in [2.24, 2.45) is 5.92 Å². The number of rotatable bonds is 61. The van der Waals surface area contributed by atoms with Crippen molar-refractivity contribution in [3.63, 3.8) is 0 Å². The van der Waals surface area contributed by atoms with Crippen LogP contribution >= 0.6 is 7.60 Å². The Morgan fingerprint density at radius 2 is 0.780 bits per heavy atom. The first kappa shape index (κ1) is 78.5. The first-order valence-corrected chi connectivity index (χ1v) is 30.2. The van der Waals surface area contributed by atoms with Crippen LogP contribution in [0.4, 0.5) is 0 Å². The van der Waals surface area contributed by atoms with Crippen molar-refractivity contribution in [2.45, 2.75) is 102 Å². The van der Waals surface area contributed by atoms with E-state index in [2.05, 4.69) is 31.9 Å². The van der Waals surface area contributed by atoms with E-state index in [1.165, 1.54) is 13.8 Å². The van der Waals surface area contributed by atoms with Crippen LogP contribution in [0.5, 0.6) is 0 Å². The predicted octanol–water partition coefficient (Wildman–Crippen LogP) is -0.613. The molecule has 6 amide bonds. The number of carbonyl (C=O) groups excluding carboxylic acids is 6. The third kappa shape index (κ3) is 49.8. The van der Waals surface area contributed by atoms with Crippen LogP contribution < -0.4 is 36.8 Å². The normalized spacial score (nSPS) is 13.3. The van der Waals surface area contributed by atoms with E-state index in [-0.39, 0.29) is 142 Å². The molecule has 482 valence electrons. The number of aliphatic hydroxyl groups excluding tert-OH is 1. The molecule has 4 atom stereocenters. The molecule has 28 nitrogen and oxygen atoms in total. The smallest absolute Gasteiger partial charge is 0.246 e. The third-order valence-corrected chi connectivity index (χ3v) is 13.4. The molecular formula is C53H102N6O22P-. The number of hydrogen-bond acceptors (Lipinski definition) is 22. The molecule has 0 aromatic heterocycles. The maximum absolute atomic E-state index is 14.0. The zero-order valence-electron chi connectivity index (χ0n) is 49.6. The van der Waals surface area contributed by atoms with E-state index >= 15 is 0 Å². The van der Waals surface area contributed by atoms with E-state index in [1.54, 1.807) is 21.3 Å². The number of hydrogen-bond donors (Lipinski definition) is 7. The van der Waals surface area contributed by atoms with Crippen LogP contribution in [-0.2, 0) is 94.7 Å². The fourth-order valence-corrected chi connectivity index (χ4v) is 7.55. The first-order valence-electron chi connectivity index (χ1n) is 28.6. The highest BCUT2D eigenvalue weighted by atomic mass is 31.2. The summed E-state index contributed by atoms with van der Waals surface area (Å²) in [6.45, 7) is 9.33. The molecule has 0 radical (unpaired) electrons. The molecule has 0 aromatic carbocycles. The highest BCUT2D eigenvalue weighted by Gasteiger charge is 2.27. The van der Waals surface area contributed by atoms with Crippen molar-refractivity contribution in [3.8, 4) is 0 Å². The lowest BCUT2D eigenvalue weighted by molar-refractivity contribution is -0.202. The summed E-state index contributed by atoms with van der Waals surface area (Å²) in [6, 6.07) is -2.15. The molecule has 0 aliphatic rings. The second kappa shape index (κ2) is 56.6. The van der Waals surface area contributed by atoms with Gasteiger partial charge in [-0.25, -0.2) is 0 Å². The van der Waals surface area contributed by atoms with Gasteiger partial charge in [0.25, 0.3) is 0 Å². The van der Waals surface area contributed by atoms with Gasteiger partial charge in [0.2, 0.25) is 35.4 Å². The van der Waals surface area contributed by atoms with E-state index in [1.807, 2.05) is 0 Å². The Hall–Kier alpha value is -3.55. The molecule has 0 saturated carbocycles. The van der Waals surface area contributed by atoms with Gasteiger partial charge in [-0.3, -0.25) is 28.8 Å². The van der Waals surface area contributed by atoms with Crippen LogP contribution in [0.2, 0.25) is 0 Å². The highest BCUT2D eigenvalue weighted by molar-refractivity contribution is 7.52. The average Bonchev–Trinajstić information content (AvgIpc) is 3.46. The summed E-state index contributed by atoms with van der Waals surface area (Å²) in [4.78, 5) is 90.4. The highest BCUT2D eigenvalue weighted by Crippen LogP contribution is 2.42. The molecule has 0 saturated heterocycles. The number of methoxy groups -OCH3 is 3. The summed E-state index contributed by atoms with van der Waals surface area (Å²) in [6.07, 6.45) is 4.10. The van der Waals surface area contributed by atoms with E-state index < -0.39 is 43.1 Å². The standard InChI is InChI=1S/C53H103N6O22P/c1-44(2)82(67,68)81-40-45(39-60)13-6-9-17-54-48(61)16-12-20-57-52(65)46(14-7-10-18-55-49(62)41-78-36-33-75-30-27-72-24-21-69-3)59-53(66)47(58-51(64)43-80-38-35-77-32-29-74-26-23-71-5)15-8-11-19-56-50(63)42-79-37-34-76-31-28-73-25-22-70-4/h44-47,60H,6-43H2,1-5H3,(H,54,61)(H,55,62)(H,56,63)(H,57,65)(H,58,64)(H,59,66)(H,67,68)/p-1. The lowest BCUT2D eigenvalue weighted by Crippen LogP contribution is -2.54. The van der Waals surface area contributed by atoms with Gasteiger partial charge in [0.15, 0.2) is 0 Å². The second-order valence-corrected chi connectivity index (χ2v) is 21.3. The molecule has 82 heavy (non-hydrogen) atoms. The Bertz CT molecular complexity index is 1650. The van der Waals surface area contributed by atoms with Crippen LogP contribution in [-0.4, -0.2) is 258 Å². The van der Waals surface area contributed by atoms with E-state index in [0.717, 1.165) is 0 Å². The molecule has 0 bridgehead atoms. The Balaban J connectivity index is 5.52. The largest absolute Gasteiger partial charge is 0.778 e. The van der Waals surface area contributed by atoms with Gasteiger partial charge in [0, 0.05) is 72.1 Å². The molecule has 0 rings (SSSR count). The molecule has 7 N–H and O–H groups in total. The maximum atomic E-state index is 14.0. The van der Waals surface area contributed by atoms with E-state index in [0.29, 0.717) is 131 Å². The molecule has 29 heteroatoms. The summed E-state index contributed by atoms with van der Waals surface area (Å²) >= 11 is 0. The average molecular weight is 1210 g/mol. The van der Waals surface area contributed by atoms with Gasteiger partial charge in [-0.2, -0.15) is 0 Å². The Kier molecular flexibility index (Phi) is 54.1. The second-order valence-electron chi connectivity index (χ2n) is 18.9. The molecule has 4 unspecified atom stereocenters. The van der Waals surface area contributed by atoms with Gasteiger partial charge < -0.3 is 108 Å². The number of amides is 6. The minimum atomic E-state index is -4.00. The van der Waals surface area contributed by atoms with Gasteiger partial charge >= 0.3 is 0 Å². The van der Waals surface area contributed by atoms with Gasteiger partial charge in [-0.15, -0.1) is 0 Å². The van der Waals surface area contributed by atoms with Crippen molar-refractivity contribution in [3.05, 3.63) is 0 Å².